The van der Waals surface area contributed by atoms with Crippen molar-refractivity contribution >= 4 is 27.5 Å². The molecule has 2 aromatic heterocycles. The van der Waals surface area contributed by atoms with E-state index in [2.05, 4.69) is 31.3 Å². The Bertz CT molecular complexity index is 500. The fraction of sp³-hybridized carbons (Fsp3) is 0.167. The maximum Gasteiger partial charge on any atom is 0.129 e. The van der Waals surface area contributed by atoms with Gasteiger partial charge >= 0.3 is 0 Å². The first-order valence-electron chi connectivity index (χ1n) is 5.37. The van der Waals surface area contributed by atoms with Gasteiger partial charge in [-0.2, -0.15) is 0 Å². The molecule has 2 heterocycles. The molecule has 2 aromatic rings. The predicted molar refractivity (Wildman–Crippen MR) is 75.0 cm³/mol. The van der Waals surface area contributed by atoms with Gasteiger partial charge in [0.1, 0.15) is 5.15 Å². The Kier molecular flexibility index (Phi) is 4.66. The van der Waals surface area contributed by atoms with Crippen molar-refractivity contribution in [2.75, 3.05) is 0 Å². The smallest absolute Gasteiger partial charge is 0.129 e. The molecule has 0 saturated carbocycles. The largest absolute Gasteiger partial charge is 0.271 e. The molecule has 0 fully saturated rings. The molecule has 3 N–H and O–H groups in total. The van der Waals surface area contributed by atoms with Gasteiger partial charge in [0.15, 0.2) is 0 Å². The van der Waals surface area contributed by atoms with Gasteiger partial charge in [0.2, 0.25) is 0 Å². The molecular formula is C12H12BrClN4. The zero-order chi connectivity index (χ0) is 13.0. The lowest BCUT2D eigenvalue weighted by Crippen LogP contribution is -2.29. The summed E-state index contributed by atoms with van der Waals surface area (Å²) in [4.78, 5) is 8.37. The van der Waals surface area contributed by atoms with Crippen molar-refractivity contribution < 1.29 is 0 Å². The molecule has 0 spiro atoms. The van der Waals surface area contributed by atoms with E-state index in [9.17, 15) is 0 Å². The molecule has 0 aliphatic rings. The number of pyridine rings is 2. The number of hydrogen-bond acceptors (Lipinski definition) is 4. The third-order valence-corrected chi connectivity index (χ3v) is 3.25. The fourth-order valence-electron chi connectivity index (χ4n) is 1.60. The molecule has 0 amide bonds. The maximum absolute atomic E-state index is 5.76. The summed E-state index contributed by atoms with van der Waals surface area (Å²) in [6.07, 6.45) is 4.17. The predicted octanol–water partition coefficient (Wildman–Crippen LogP) is 2.64. The summed E-state index contributed by atoms with van der Waals surface area (Å²) in [5, 5.41) is 0.469. The Morgan fingerprint density at radius 3 is 2.61 bits per heavy atom. The first kappa shape index (κ1) is 13.4. The first-order valence-corrected chi connectivity index (χ1v) is 6.54. The summed E-state index contributed by atoms with van der Waals surface area (Å²) in [6.45, 7) is 0. The topological polar surface area (TPSA) is 63.8 Å². The van der Waals surface area contributed by atoms with E-state index in [0.717, 1.165) is 15.7 Å². The van der Waals surface area contributed by atoms with E-state index in [0.29, 0.717) is 11.6 Å². The highest BCUT2D eigenvalue weighted by molar-refractivity contribution is 9.10. The van der Waals surface area contributed by atoms with Crippen LogP contribution in [0.25, 0.3) is 0 Å². The van der Waals surface area contributed by atoms with Crippen molar-refractivity contribution in [2.24, 2.45) is 5.84 Å². The van der Waals surface area contributed by atoms with Crippen LogP contribution in [0.5, 0.6) is 0 Å². The molecule has 0 aliphatic heterocycles. The van der Waals surface area contributed by atoms with E-state index in [1.165, 1.54) is 0 Å². The van der Waals surface area contributed by atoms with Crippen molar-refractivity contribution in [1.82, 2.24) is 15.4 Å². The number of hydrazine groups is 1. The molecule has 18 heavy (non-hydrogen) atoms. The van der Waals surface area contributed by atoms with Gasteiger partial charge in [0.05, 0.1) is 6.04 Å². The van der Waals surface area contributed by atoms with E-state index in [-0.39, 0.29) is 6.04 Å². The Labute approximate surface area is 119 Å². The molecule has 0 aromatic carbocycles. The highest BCUT2D eigenvalue weighted by atomic mass is 79.9. The molecule has 1 atom stereocenters. The molecule has 0 bridgehead atoms. The van der Waals surface area contributed by atoms with Crippen LogP contribution in [-0.2, 0) is 6.42 Å². The van der Waals surface area contributed by atoms with Crippen LogP contribution in [0, 0.1) is 0 Å². The summed E-state index contributed by atoms with van der Waals surface area (Å²) < 4.78 is 0.955. The fourth-order valence-corrected chi connectivity index (χ4v) is 1.95. The van der Waals surface area contributed by atoms with E-state index in [1.807, 2.05) is 18.2 Å². The van der Waals surface area contributed by atoms with Gasteiger partial charge in [0, 0.05) is 29.0 Å². The zero-order valence-corrected chi connectivity index (χ0v) is 11.8. The van der Waals surface area contributed by atoms with Crippen LogP contribution in [0.4, 0.5) is 0 Å². The highest BCUT2D eigenvalue weighted by Gasteiger charge is 2.11. The standard InChI is InChI=1S/C12H12BrClN4/c13-9-2-3-10(16-7-9)5-11(18-15)8-1-4-12(14)17-6-8/h1-4,6-7,11,18H,5,15H2. The van der Waals surface area contributed by atoms with Gasteiger partial charge in [-0.05, 0) is 39.7 Å². The molecule has 4 nitrogen and oxygen atoms in total. The maximum atomic E-state index is 5.76. The molecule has 94 valence electrons. The SMILES string of the molecule is NNC(Cc1ccc(Br)cn1)c1ccc(Cl)nc1. The lowest BCUT2D eigenvalue weighted by Gasteiger charge is -2.15. The van der Waals surface area contributed by atoms with Crippen LogP contribution < -0.4 is 11.3 Å². The van der Waals surface area contributed by atoms with Crippen molar-refractivity contribution in [3.05, 3.63) is 57.5 Å². The second-order valence-electron chi connectivity index (χ2n) is 3.81. The Morgan fingerprint density at radius 1 is 1.22 bits per heavy atom. The number of rotatable bonds is 4. The summed E-state index contributed by atoms with van der Waals surface area (Å²) in [6, 6.07) is 7.52. The van der Waals surface area contributed by atoms with Crippen LogP contribution in [0.2, 0.25) is 5.15 Å². The summed E-state index contributed by atoms with van der Waals surface area (Å²) in [7, 11) is 0. The Morgan fingerprint density at radius 2 is 2.06 bits per heavy atom. The normalized spacial score (nSPS) is 12.4. The van der Waals surface area contributed by atoms with Crippen LogP contribution >= 0.6 is 27.5 Å². The Balaban J connectivity index is 2.14. The number of halogens is 2. The molecule has 2 rings (SSSR count). The lowest BCUT2D eigenvalue weighted by molar-refractivity contribution is 0.544. The van der Waals surface area contributed by atoms with E-state index >= 15 is 0 Å². The van der Waals surface area contributed by atoms with E-state index in [1.54, 1.807) is 18.5 Å². The number of aromatic nitrogens is 2. The number of nitrogens with zero attached hydrogens (tertiary/aromatic N) is 2. The van der Waals surface area contributed by atoms with E-state index < -0.39 is 0 Å². The minimum Gasteiger partial charge on any atom is -0.271 e. The average Bonchev–Trinajstić information content (AvgIpc) is 2.39. The second-order valence-corrected chi connectivity index (χ2v) is 5.11. The molecule has 1 unspecified atom stereocenters. The minimum absolute atomic E-state index is 0.0385. The Hall–Kier alpha value is -1.01. The molecule has 0 saturated heterocycles. The van der Waals surface area contributed by atoms with Crippen molar-refractivity contribution in [3.63, 3.8) is 0 Å². The van der Waals surface area contributed by atoms with Crippen LogP contribution in [0.15, 0.2) is 41.1 Å². The summed E-state index contributed by atoms with van der Waals surface area (Å²) in [5.41, 5.74) is 4.70. The first-order chi connectivity index (χ1) is 8.69. The van der Waals surface area contributed by atoms with E-state index in [4.69, 9.17) is 17.4 Å². The van der Waals surface area contributed by atoms with Gasteiger partial charge in [0.25, 0.3) is 0 Å². The quantitative estimate of drug-likeness (QED) is 0.515. The van der Waals surface area contributed by atoms with Gasteiger partial charge in [-0.3, -0.25) is 16.3 Å². The molecule has 0 radical (unpaired) electrons. The molecular weight excluding hydrogens is 316 g/mol. The van der Waals surface area contributed by atoms with Crippen LogP contribution in [-0.4, -0.2) is 9.97 Å². The number of hydrogen-bond donors (Lipinski definition) is 2. The minimum atomic E-state index is -0.0385. The molecule has 6 heteroatoms. The van der Waals surface area contributed by atoms with Crippen LogP contribution in [0.3, 0.4) is 0 Å². The number of nitrogens with two attached hydrogens (primary N) is 1. The van der Waals surface area contributed by atoms with Crippen molar-refractivity contribution in [1.29, 1.82) is 0 Å². The zero-order valence-electron chi connectivity index (χ0n) is 9.48. The summed E-state index contributed by atoms with van der Waals surface area (Å²) >= 11 is 9.11. The lowest BCUT2D eigenvalue weighted by atomic mass is 10.0. The van der Waals surface area contributed by atoms with Gasteiger partial charge in [-0.25, -0.2) is 4.98 Å². The number of nitrogens with one attached hydrogen (secondary N) is 1. The highest BCUT2D eigenvalue weighted by Crippen LogP contribution is 2.18. The third kappa shape index (κ3) is 3.49. The molecule has 0 aliphatic carbocycles. The third-order valence-electron chi connectivity index (χ3n) is 2.56. The van der Waals surface area contributed by atoms with Crippen LogP contribution in [0.1, 0.15) is 17.3 Å². The average molecular weight is 328 g/mol. The van der Waals surface area contributed by atoms with Crippen molar-refractivity contribution in [2.45, 2.75) is 12.5 Å². The monoisotopic (exact) mass is 326 g/mol. The van der Waals surface area contributed by atoms with Gasteiger partial charge in [-0.15, -0.1) is 0 Å². The van der Waals surface area contributed by atoms with Crippen molar-refractivity contribution in [3.8, 4) is 0 Å². The summed E-state index contributed by atoms with van der Waals surface area (Å²) in [5.74, 6) is 5.57. The van der Waals surface area contributed by atoms with Gasteiger partial charge < -0.3 is 0 Å². The second kappa shape index (κ2) is 6.24. The van der Waals surface area contributed by atoms with Gasteiger partial charge in [-0.1, -0.05) is 17.7 Å².